The topological polar surface area (TPSA) is 55.5 Å². The molecule has 0 aromatic rings. The van der Waals surface area contributed by atoms with E-state index in [1.54, 1.807) is 0 Å². The molecule has 1 rings (SSSR count). The second kappa shape index (κ2) is 7.46. The normalized spacial score (nSPS) is 32.2. The van der Waals surface area contributed by atoms with E-state index < -0.39 is 5.54 Å². The number of nitrogens with two attached hydrogens (primary N) is 1. The Morgan fingerprint density at radius 2 is 1.78 bits per heavy atom. The molecule has 1 saturated carbocycles. The standard InChI is InChI=1S/C15H31NO2/c1-12-8-13(2)10-14(9-12)18-7-5-4-6-15(3,16)11-17/h12-14,17H,4-11,16H2,1-3H3. The van der Waals surface area contributed by atoms with Crippen molar-refractivity contribution < 1.29 is 9.84 Å². The molecule has 0 aliphatic heterocycles. The van der Waals surface area contributed by atoms with Crippen LogP contribution in [0.3, 0.4) is 0 Å². The summed E-state index contributed by atoms with van der Waals surface area (Å²) >= 11 is 0. The van der Waals surface area contributed by atoms with Crippen molar-refractivity contribution in [3.8, 4) is 0 Å². The van der Waals surface area contributed by atoms with Crippen LogP contribution < -0.4 is 5.73 Å². The minimum atomic E-state index is -0.423. The second-order valence-corrected chi connectivity index (χ2v) is 6.68. The number of unbranched alkanes of at least 4 members (excludes halogenated alkanes) is 1. The minimum absolute atomic E-state index is 0.0610. The van der Waals surface area contributed by atoms with E-state index in [1.807, 2.05) is 6.92 Å². The maximum atomic E-state index is 9.06. The molecule has 1 fully saturated rings. The third-order valence-electron chi connectivity index (χ3n) is 3.99. The molecule has 3 atom stereocenters. The van der Waals surface area contributed by atoms with Gasteiger partial charge in [-0.1, -0.05) is 13.8 Å². The number of aliphatic hydroxyl groups is 1. The van der Waals surface area contributed by atoms with Gasteiger partial charge in [-0.2, -0.15) is 0 Å². The van der Waals surface area contributed by atoms with Gasteiger partial charge >= 0.3 is 0 Å². The van der Waals surface area contributed by atoms with Crippen LogP contribution in [0.1, 0.15) is 59.3 Å². The smallest absolute Gasteiger partial charge is 0.0608 e. The van der Waals surface area contributed by atoms with Crippen LogP contribution in [-0.2, 0) is 4.74 Å². The highest BCUT2D eigenvalue weighted by molar-refractivity contribution is 4.77. The Labute approximate surface area is 112 Å². The predicted octanol–water partition coefficient (Wildman–Crippen LogP) is 2.71. The Balaban J connectivity index is 2.07. The summed E-state index contributed by atoms with van der Waals surface area (Å²) in [4.78, 5) is 0. The molecule has 0 bridgehead atoms. The molecule has 3 heteroatoms. The van der Waals surface area contributed by atoms with Crippen molar-refractivity contribution in [1.29, 1.82) is 0 Å². The zero-order chi connectivity index (χ0) is 13.6. The Hall–Kier alpha value is -0.120. The van der Waals surface area contributed by atoms with Gasteiger partial charge in [0.1, 0.15) is 0 Å². The Morgan fingerprint density at radius 1 is 1.17 bits per heavy atom. The average molecular weight is 257 g/mol. The molecule has 3 unspecified atom stereocenters. The van der Waals surface area contributed by atoms with Crippen molar-refractivity contribution in [1.82, 2.24) is 0 Å². The lowest BCUT2D eigenvalue weighted by Crippen LogP contribution is -2.40. The molecular weight excluding hydrogens is 226 g/mol. The van der Waals surface area contributed by atoms with Crippen LogP contribution in [0.2, 0.25) is 0 Å². The van der Waals surface area contributed by atoms with E-state index in [2.05, 4.69) is 13.8 Å². The van der Waals surface area contributed by atoms with E-state index in [-0.39, 0.29) is 6.61 Å². The maximum Gasteiger partial charge on any atom is 0.0608 e. The van der Waals surface area contributed by atoms with Crippen molar-refractivity contribution >= 4 is 0 Å². The summed E-state index contributed by atoms with van der Waals surface area (Å²) in [5.41, 5.74) is 5.46. The average Bonchev–Trinajstić information content (AvgIpc) is 2.27. The lowest BCUT2D eigenvalue weighted by atomic mass is 9.82. The van der Waals surface area contributed by atoms with Gasteiger partial charge in [0.2, 0.25) is 0 Å². The lowest BCUT2D eigenvalue weighted by Gasteiger charge is -2.31. The van der Waals surface area contributed by atoms with Gasteiger partial charge in [-0.25, -0.2) is 0 Å². The molecule has 18 heavy (non-hydrogen) atoms. The van der Waals surface area contributed by atoms with E-state index >= 15 is 0 Å². The third-order valence-corrected chi connectivity index (χ3v) is 3.99. The quantitative estimate of drug-likeness (QED) is 0.689. The van der Waals surface area contributed by atoms with Gasteiger partial charge in [-0.05, 0) is 57.3 Å². The summed E-state index contributed by atoms with van der Waals surface area (Å²) in [5.74, 6) is 1.61. The van der Waals surface area contributed by atoms with Crippen LogP contribution in [0.4, 0.5) is 0 Å². The van der Waals surface area contributed by atoms with Crippen LogP contribution in [0.5, 0.6) is 0 Å². The zero-order valence-electron chi connectivity index (χ0n) is 12.3. The summed E-state index contributed by atoms with van der Waals surface area (Å²) in [6, 6.07) is 0. The van der Waals surface area contributed by atoms with Gasteiger partial charge in [0.25, 0.3) is 0 Å². The van der Waals surface area contributed by atoms with Gasteiger partial charge < -0.3 is 15.6 Å². The van der Waals surface area contributed by atoms with Gasteiger partial charge in [-0.3, -0.25) is 0 Å². The fraction of sp³-hybridized carbons (Fsp3) is 1.00. The molecule has 0 saturated heterocycles. The molecule has 1 aliphatic carbocycles. The molecule has 0 radical (unpaired) electrons. The molecular formula is C15H31NO2. The largest absolute Gasteiger partial charge is 0.394 e. The molecule has 0 heterocycles. The minimum Gasteiger partial charge on any atom is -0.394 e. The van der Waals surface area contributed by atoms with Gasteiger partial charge in [0.05, 0.1) is 12.7 Å². The fourth-order valence-electron chi connectivity index (χ4n) is 2.97. The van der Waals surface area contributed by atoms with E-state index in [4.69, 9.17) is 15.6 Å². The molecule has 0 aromatic heterocycles. The molecule has 1 aliphatic rings. The van der Waals surface area contributed by atoms with E-state index in [0.717, 1.165) is 37.7 Å². The monoisotopic (exact) mass is 257 g/mol. The van der Waals surface area contributed by atoms with Gasteiger partial charge in [0, 0.05) is 12.1 Å². The molecule has 0 spiro atoms. The lowest BCUT2D eigenvalue weighted by molar-refractivity contribution is -0.00113. The van der Waals surface area contributed by atoms with E-state index in [9.17, 15) is 0 Å². The Kier molecular flexibility index (Phi) is 6.61. The highest BCUT2D eigenvalue weighted by atomic mass is 16.5. The predicted molar refractivity (Wildman–Crippen MR) is 75.4 cm³/mol. The van der Waals surface area contributed by atoms with Crippen molar-refractivity contribution in [2.24, 2.45) is 17.6 Å². The highest BCUT2D eigenvalue weighted by Gasteiger charge is 2.24. The summed E-state index contributed by atoms with van der Waals surface area (Å²) in [7, 11) is 0. The number of rotatable bonds is 7. The van der Waals surface area contributed by atoms with Gasteiger partial charge in [-0.15, -0.1) is 0 Å². The zero-order valence-corrected chi connectivity index (χ0v) is 12.3. The van der Waals surface area contributed by atoms with Crippen LogP contribution in [0, 0.1) is 11.8 Å². The van der Waals surface area contributed by atoms with Crippen molar-refractivity contribution in [2.45, 2.75) is 70.9 Å². The Bertz CT molecular complexity index is 221. The van der Waals surface area contributed by atoms with Crippen molar-refractivity contribution in [3.63, 3.8) is 0 Å². The van der Waals surface area contributed by atoms with Crippen LogP contribution >= 0.6 is 0 Å². The summed E-state index contributed by atoms with van der Waals surface area (Å²) in [6.07, 6.45) is 7.19. The summed E-state index contributed by atoms with van der Waals surface area (Å²) in [6.45, 7) is 7.45. The molecule has 3 nitrogen and oxygen atoms in total. The first-order chi connectivity index (χ1) is 8.43. The second-order valence-electron chi connectivity index (χ2n) is 6.68. The van der Waals surface area contributed by atoms with E-state index in [0.29, 0.717) is 6.10 Å². The number of aliphatic hydroxyl groups excluding tert-OH is 1. The van der Waals surface area contributed by atoms with E-state index in [1.165, 1.54) is 19.3 Å². The first-order valence-corrected chi connectivity index (χ1v) is 7.44. The molecule has 108 valence electrons. The molecule has 3 N–H and O–H groups in total. The van der Waals surface area contributed by atoms with Crippen LogP contribution in [0.25, 0.3) is 0 Å². The Morgan fingerprint density at radius 3 is 2.33 bits per heavy atom. The number of ether oxygens (including phenoxy) is 1. The maximum absolute atomic E-state index is 9.06. The van der Waals surface area contributed by atoms with Crippen LogP contribution in [0.15, 0.2) is 0 Å². The van der Waals surface area contributed by atoms with Crippen LogP contribution in [-0.4, -0.2) is 30.0 Å². The van der Waals surface area contributed by atoms with Crippen molar-refractivity contribution in [3.05, 3.63) is 0 Å². The third kappa shape index (κ3) is 6.17. The molecule has 0 amide bonds. The SMILES string of the molecule is CC1CC(C)CC(OCCCCC(C)(N)CO)C1. The summed E-state index contributed by atoms with van der Waals surface area (Å²) < 4.78 is 5.97. The number of hydrogen-bond acceptors (Lipinski definition) is 3. The first kappa shape index (κ1) is 15.9. The fourth-order valence-corrected chi connectivity index (χ4v) is 2.97. The number of hydrogen-bond donors (Lipinski definition) is 2. The molecule has 0 aromatic carbocycles. The van der Waals surface area contributed by atoms with Gasteiger partial charge in [0.15, 0.2) is 0 Å². The first-order valence-electron chi connectivity index (χ1n) is 7.44. The highest BCUT2D eigenvalue weighted by Crippen LogP contribution is 2.30. The summed E-state index contributed by atoms with van der Waals surface area (Å²) in [5, 5.41) is 9.06. The van der Waals surface area contributed by atoms with Crippen molar-refractivity contribution in [2.75, 3.05) is 13.2 Å².